The van der Waals surface area contributed by atoms with E-state index in [1.54, 1.807) is 50.6 Å². The van der Waals surface area contributed by atoms with Gasteiger partial charge in [-0.2, -0.15) is 0 Å². The molecule has 0 aliphatic heterocycles. The smallest absolute Gasteiger partial charge is 0.262 e. The first-order valence-corrected chi connectivity index (χ1v) is 8.75. The topological polar surface area (TPSA) is 51.7 Å². The second kappa shape index (κ2) is 8.29. The van der Waals surface area contributed by atoms with Gasteiger partial charge in [-0.25, -0.2) is 0 Å². The second-order valence-corrected chi connectivity index (χ2v) is 6.43. The number of hydrogen-bond donors (Lipinski definition) is 0. The van der Waals surface area contributed by atoms with Crippen molar-refractivity contribution in [2.24, 2.45) is 0 Å². The molecule has 3 rings (SSSR count). The lowest BCUT2D eigenvalue weighted by molar-refractivity contribution is 0.0990. The van der Waals surface area contributed by atoms with Crippen LogP contribution in [-0.4, -0.2) is 25.0 Å². The van der Waals surface area contributed by atoms with E-state index in [1.807, 2.05) is 12.1 Å². The highest BCUT2D eigenvalue weighted by molar-refractivity contribution is 6.34. The van der Waals surface area contributed by atoms with Gasteiger partial charge in [0.15, 0.2) is 5.75 Å². The number of amides is 1. The number of pyridine rings is 1. The molecule has 138 valence electrons. The molecular weight excluding hydrogens is 387 g/mol. The summed E-state index contributed by atoms with van der Waals surface area (Å²) in [5, 5.41) is 0.844. The van der Waals surface area contributed by atoms with Gasteiger partial charge >= 0.3 is 0 Å². The Morgan fingerprint density at radius 2 is 1.81 bits per heavy atom. The number of aromatic nitrogens is 1. The van der Waals surface area contributed by atoms with E-state index < -0.39 is 0 Å². The minimum absolute atomic E-state index is 0.272. The van der Waals surface area contributed by atoms with Crippen molar-refractivity contribution in [2.45, 2.75) is 0 Å². The van der Waals surface area contributed by atoms with Crippen molar-refractivity contribution in [1.29, 1.82) is 0 Å². The van der Waals surface area contributed by atoms with Gasteiger partial charge in [0.2, 0.25) is 0 Å². The second-order valence-electron chi connectivity index (χ2n) is 5.58. The number of halogens is 2. The Kier molecular flexibility index (Phi) is 5.84. The molecule has 27 heavy (non-hydrogen) atoms. The van der Waals surface area contributed by atoms with Crippen molar-refractivity contribution in [3.05, 3.63) is 76.5 Å². The van der Waals surface area contributed by atoms with Crippen LogP contribution >= 0.6 is 23.2 Å². The zero-order chi connectivity index (χ0) is 19.4. The molecule has 0 radical (unpaired) electrons. The predicted molar refractivity (Wildman–Crippen MR) is 107 cm³/mol. The molecule has 1 amide bonds. The van der Waals surface area contributed by atoms with Crippen molar-refractivity contribution in [1.82, 2.24) is 4.98 Å². The Morgan fingerprint density at radius 3 is 2.59 bits per heavy atom. The molecule has 2 aromatic carbocycles. The first-order chi connectivity index (χ1) is 13.0. The summed E-state index contributed by atoms with van der Waals surface area (Å²) in [6.07, 6.45) is 2.98. The fraction of sp³-hybridized carbons (Fsp3) is 0.100. The van der Waals surface area contributed by atoms with Gasteiger partial charge in [0.1, 0.15) is 11.5 Å². The van der Waals surface area contributed by atoms with Crippen LogP contribution < -0.4 is 14.4 Å². The molecule has 0 fully saturated rings. The molecule has 1 aromatic heterocycles. The molecule has 0 bridgehead atoms. The Balaban J connectivity index is 1.95. The first kappa shape index (κ1) is 19.0. The largest absolute Gasteiger partial charge is 0.495 e. The molecule has 7 heteroatoms. The van der Waals surface area contributed by atoms with E-state index in [-0.39, 0.29) is 11.7 Å². The fourth-order valence-corrected chi connectivity index (χ4v) is 2.83. The number of anilines is 1. The van der Waals surface area contributed by atoms with Crippen LogP contribution in [0.1, 0.15) is 10.4 Å². The van der Waals surface area contributed by atoms with Crippen LogP contribution in [0.3, 0.4) is 0 Å². The number of carbonyl (C=O) groups excluding carboxylic acids is 1. The maximum atomic E-state index is 13.1. The molecule has 0 unspecified atom stereocenters. The number of para-hydroxylation sites is 2. The van der Waals surface area contributed by atoms with E-state index >= 15 is 0 Å². The summed E-state index contributed by atoms with van der Waals surface area (Å²) in [6, 6.07) is 13.7. The third-order valence-corrected chi connectivity index (χ3v) is 4.43. The van der Waals surface area contributed by atoms with Crippen molar-refractivity contribution >= 4 is 34.8 Å². The van der Waals surface area contributed by atoms with Crippen molar-refractivity contribution in [3.63, 3.8) is 0 Å². The summed E-state index contributed by atoms with van der Waals surface area (Å²) in [5.74, 6) is 0.914. The number of benzene rings is 2. The number of hydrogen-bond acceptors (Lipinski definition) is 4. The predicted octanol–water partition coefficient (Wildman–Crippen LogP) is 5.47. The van der Waals surface area contributed by atoms with E-state index in [0.29, 0.717) is 32.8 Å². The van der Waals surface area contributed by atoms with Crippen LogP contribution in [0, 0.1) is 0 Å². The normalized spacial score (nSPS) is 10.4. The van der Waals surface area contributed by atoms with E-state index in [0.717, 1.165) is 0 Å². The fourth-order valence-electron chi connectivity index (χ4n) is 2.51. The standard InChI is InChI=1S/C20H16Cl2N2O3/c1-24(16-5-3-4-6-17(16)26-2)20(25)14-9-10-23-12-19(14)27-18-11-13(21)7-8-15(18)22/h3-12H,1-2H3. The molecule has 1 heterocycles. The molecule has 0 saturated heterocycles. The summed E-state index contributed by atoms with van der Waals surface area (Å²) in [6.45, 7) is 0. The van der Waals surface area contributed by atoms with E-state index in [4.69, 9.17) is 32.7 Å². The maximum absolute atomic E-state index is 13.1. The van der Waals surface area contributed by atoms with Crippen LogP contribution in [0.25, 0.3) is 0 Å². The summed E-state index contributed by atoms with van der Waals surface area (Å²) in [4.78, 5) is 18.6. The van der Waals surface area contributed by atoms with Crippen molar-refractivity contribution < 1.29 is 14.3 Å². The van der Waals surface area contributed by atoms with Crippen LogP contribution in [0.15, 0.2) is 60.9 Å². The highest BCUT2D eigenvalue weighted by Crippen LogP contribution is 2.34. The molecular formula is C20H16Cl2N2O3. The van der Waals surface area contributed by atoms with Crippen LogP contribution in [0.4, 0.5) is 5.69 Å². The number of methoxy groups -OCH3 is 1. The molecule has 0 N–H and O–H groups in total. The van der Waals surface area contributed by atoms with Crippen molar-refractivity contribution in [3.8, 4) is 17.2 Å². The Bertz CT molecular complexity index is 979. The minimum Gasteiger partial charge on any atom is -0.495 e. The van der Waals surface area contributed by atoms with Gasteiger partial charge in [0.25, 0.3) is 5.91 Å². The Labute approximate surface area is 167 Å². The number of nitrogens with zero attached hydrogens (tertiary/aromatic N) is 2. The van der Waals surface area contributed by atoms with Gasteiger partial charge in [-0.15, -0.1) is 0 Å². The molecule has 0 saturated carbocycles. The summed E-state index contributed by atoms with van der Waals surface area (Å²) < 4.78 is 11.2. The third-order valence-electron chi connectivity index (χ3n) is 3.88. The van der Waals surface area contributed by atoms with Crippen LogP contribution in [-0.2, 0) is 0 Å². The Hall–Kier alpha value is -2.76. The first-order valence-electron chi connectivity index (χ1n) is 7.99. The zero-order valence-electron chi connectivity index (χ0n) is 14.6. The monoisotopic (exact) mass is 402 g/mol. The van der Waals surface area contributed by atoms with Gasteiger partial charge in [-0.1, -0.05) is 35.3 Å². The van der Waals surface area contributed by atoms with Crippen molar-refractivity contribution in [2.75, 3.05) is 19.1 Å². The van der Waals surface area contributed by atoms with E-state index in [9.17, 15) is 4.79 Å². The van der Waals surface area contributed by atoms with Crippen LogP contribution in [0.2, 0.25) is 10.0 Å². The summed E-state index contributed by atoms with van der Waals surface area (Å²) >= 11 is 12.2. The molecule has 0 spiro atoms. The molecule has 0 atom stereocenters. The SMILES string of the molecule is COc1ccccc1N(C)C(=O)c1ccncc1Oc1cc(Cl)ccc1Cl. The summed E-state index contributed by atoms with van der Waals surface area (Å²) in [5.41, 5.74) is 0.961. The number of carbonyl (C=O) groups is 1. The number of rotatable bonds is 5. The van der Waals surface area contributed by atoms with Gasteiger partial charge in [-0.05, 0) is 30.3 Å². The average Bonchev–Trinajstić information content (AvgIpc) is 2.70. The highest BCUT2D eigenvalue weighted by Gasteiger charge is 2.21. The molecule has 5 nitrogen and oxygen atoms in total. The van der Waals surface area contributed by atoms with Gasteiger partial charge < -0.3 is 14.4 Å². The Morgan fingerprint density at radius 1 is 1.04 bits per heavy atom. The molecule has 3 aromatic rings. The lowest BCUT2D eigenvalue weighted by atomic mass is 10.2. The van der Waals surface area contributed by atoms with Crippen LogP contribution in [0.5, 0.6) is 17.2 Å². The minimum atomic E-state index is -0.282. The van der Waals surface area contributed by atoms with E-state index in [1.165, 1.54) is 17.3 Å². The quantitative estimate of drug-likeness (QED) is 0.567. The van der Waals surface area contributed by atoms with Gasteiger partial charge in [0, 0.05) is 24.3 Å². The lowest BCUT2D eigenvalue weighted by Gasteiger charge is -2.21. The third kappa shape index (κ3) is 4.15. The summed E-state index contributed by atoms with van der Waals surface area (Å²) in [7, 11) is 3.22. The zero-order valence-corrected chi connectivity index (χ0v) is 16.2. The number of ether oxygens (including phenoxy) is 2. The molecule has 0 aliphatic rings. The van der Waals surface area contributed by atoms with E-state index in [2.05, 4.69) is 4.98 Å². The highest BCUT2D eigenvalue weighted by atomic mass is 35.5. The maximum Gasteiger partial charge on any atom is 0.262 e. The lowest BCUT2D eigenvalue weighted by Crippen LogP contribution is -2.27. The average molecular weight is 403 g/mol. The molecule has 0 aliphatic carbocycles. The van der Waals surface area contributed by atoms with Gasteiger partial charge in [-0.3, -0.25) is 9.78 Å². The van der Waals surface area contributed by atoms with Gasteiger partial charge in [0.05, 0.1) is 29.6 Å².